The summed E-state index contributed by atoms with van der Waals surface area (Å²) in [6, 6.07) is 9.99. The number of aromatic amines is 1. The number of nitrogens with zero attached hydrogens (tertiary/aromatic N) is 1. The zero-order valence-corrected chi connectivity index (χ0v) is 12.9. The van der Waals surface area contributed by atoms with Gasteiger partial charge in [0.15, 0.2) is 0 Å². The molecular weight excluding hydrogens is 296 g/mol. The van der Waals surface area contributed by atoms with Gasteiger partial charge in [-0.3, -0.25) is 14.4 Å². The summed E-state index contributed by atoms with van der Waals surface area (Å²) in [5.41, 5.74) is 1.67. The Kier molecular flexibility index (Phi) is 5.14. The Morgan fingerprint density at radius 3 is 2.35 bits per heavy atom. The molecule has 23 heavy (non-hydrogen) atoms. The summed E-state index contributed by atoms with van der Waals surface area (Å²) in [4.78, 5) is 38.9. The highest BCUT2D eigenvalue weighted by atomic mass is 16.2. The molecule has 3 N–H and O–H groups in total. The molecule has 2 rings (SSSR count). The summed E-state index contributed by atoms with van der Waals surface area (Å²) in [6.07, 6.45) is 1.30. The van der Waals surface area contributed by atoms with E-state index in [9.17, 15) is 14.4 Å². The molecule has 7 heteroatoms. The Bertz CT molecular complexity index is 730. The quantitative estimate of drug-likeness (QED) is 0.761. The molecule has 0 radical (unpaired) electrons. The minimum Gasteiger partial charge on any atom is -0.378 e. The second-order valence-corrected chi connectivity index (χ2v) is 5.11. The predicted molar refractivity (Wildman–Crippen MR) is 88.8 cm³/mol. The molecule has 1 aromatic heterocycles. The number of carbonyl (C=O) groups is 2. The molecule has 0 aliphatic heterocycles. The van der Waals surface area contributed by atoms with E-state index >= 15 is 0 Å². The number of benzene rings is 1. The van der Waals surface area contributed by atoms with Crippen LogP contribution in [0.2, 0.25) is 0 Å². The van der Waals surface area contributed by atoms with Gasteiger partial charge in [-0.25, -0.2) is 0 Å². The summed E-state index contributed by atoms with van der Waals surface area (Å²) < 4.78 is 0. The van der Waals surface area contributed by atoms with Crippen molar-refractivity contribution in [2.45, 2.75) is 0 Å². The number of hydrogen-bond acceptors (Lipinski definition) is 4. The van der Waals surface area contributed by atoms with Crippen LogP contribution in [0.15, 0.2) is 47.4 Å². The van der Waals surface area contributed by atoms with Gasteiger partial charge in [0.1, 0.15) is 0 Å². The van der Waals surface area contributed by atoms with E-state index in [4.69, 9.17) is 0 Å². The van der Waals surface area contributed by atoms with Crippen molar-refractivity contribution in [1.29, 1.82) is 0 Å². The Hall–Kier alpha value is -3.09. The maximum absolute atomic E-state index is 11.8. The lowest BCUT2D eigenvalue weighted by Gasteiger charge is -2.13. The number of amides is 2. The van der Waals surface area contributed by atoms with E-state index in [1.807, 2.05) is 31.1 Å². The minimum atomic E-state index is -0.431. The number of carbonyl (C=O) groups excluding carboxylic acids is 2. The number of rotatable bonds is 5. The second kappa shape index (κ2) is 7.26. The van der Waals surface area contributed by atoms with Gasteiger partial charge in [-0.05, 0) is 30.3 Å². The number of hydrogen-bond donors (Lipinski definition) is 3. The highest BCUT2D eigenvalue weighted by Gasteiger charge is 2.08. The molecule has 0 fully saturated rings. The van der Waals surface area contributed by atoms with Crippen molar-refractivity contribution in [3.8, 4) is 0 Å². The largest absolute Gasteiger partial charge is 0.378 e. The summed E-state index contributed by atoms with van der Waals surface area (Å²) in [6.45, 7) is -0.159. The molecule has 2 aromatic rings. The van der Waals surface area contributed by atoms with E-state index in [2.05, 4.69) is 15.6 Å². The van der Waals surface area contributed by atoms with Gasteiger partial charge in [0, 0.05) is 37.7 Å². The van der Waals surface area contributed by atoms with Gasteiger partial charge in [0.2, 0.25) is 11.5 Å². The van der Waals surface area contributed by atoms with E-state index in [0.29, 0.717) is 5.69 Å². The average molecular weight is 314 g/mol. The topological polar surface area (TPSA) is 94.3 Å². The van der Waals surface area contributed by atoms with E-state index < -0.39 is 5.91 Å². The van der Waals surface area contributed by atoms with Crippen LogP contribution in [0.4, 0.5) is 11.4 Å². The fourth-order valence-corrected chi connectivity index (χ4v) is 1.86. The molecule has 0 unspecified atom stereocenters. The maximum Gasteiger partial charge on any atom is 0.253 e. The fraction of sp³-hybridized carbons (Fsp3) is 0.188. The van der Waals surface area contributed by atoms with Crippen LogP contribution in [0.1, 0.15) is 10.4 Å². The number of pyridine rings is 1. The van der Waals surface area contributed by atoms with Crippen molar-refractivity contribution in [2.75, 3.05) is 30.9 Å². The summed E-state index contributed by atoms with van der Waals surface area (Å²) in [5.74, 6) is -0.764. The highest BCUT2D eigenvalue weighted by molar-refractivity contribution is 5.99. The highest BCUT2D eigenvalue weighted by Crippen LogP contribution is 2.15. The van der Waals surface area contributed by atoms with Crippen molar-refractivity contribution in [3.63, 3.8) is 0 Å². The fourth-order valence-electron chi connectivity index (χ4n) is 1.86. The lowest BCUT2D eigenvalue weighted by molar-refractivity contribution is -0.115. The zero-order valence-electron chi connectivity index (χ0n) is 12.9. The van der Waals surface area contributed by atoms with Gasteiger partial charge in [-0.2, -0.15) is 0 Å². The lowest BCUT2D eigenvalue weighted by atomic mass is 10.2. The van der Waals surface area contributed by atoms with E-state index in [0.717, 1.165) is 5.69 Å². The third-order valence-corrected chi connectivity index (χ3v) is 3.12. The van der Waals surface area contributed by atoms with Crippen molar-refractivity contribution >= 4 is 23.2 Å². The number of aromatic nitrogens is 1. The van der Waals surface area contributed by atoms with Crippen LogP contribution in [0.25, 0.3) is 0 Å². The van der Waals surface area contributed by atoms with Crippen molar-refractivity contribution in [2.24, 2.45) is 0 Å². The second-order valence-electron chi connectivity index (χ2n) is 5.11. The summed E-state index contributed by atoms with van der Waals surface area (Å²) >= 11 is 0. The Labute approximate surface area is 133 Å². The van der Waals surface area contributed by atoms with Crippen molar-refractivity contribution in [3.05, 3.63) is 58.5 Å². The normalized spacial score (nSPS) is 10.0. The molecule has 0 bridgehead atoms. The molecule has 1 heterocycles. The number of H-pyrrole nitrogens is 1. The molecule has 7 nitrogen and oxygen atoms in total. The molecule has 0 saturated carbocycles. The molecule has 120 valence electrons. The van der Waals surface area contributed by atoms with Crippen molar-refractivity contribution < 1.29 is 9.59 Å². The van der Waals surface area contributed by atoms with Gasteiger partial charge >= 0.3 is 0 Å². The smallest absolute Gasteiger partial charge is 0.253 e. The van der Waals surface area contributed by atoms with Crippen LogP contribution < -0.4 is 21.1 Å². The van der Waals surface area contributed by atoms with E-state index in [1.165, 1.54) is 18.3 Å². The molecular formula is C16H18N4O3. The molecule has 2 amide bonds. The first-order chi connectivity index (χ1) is 11.0. The lowest BCUT2D eigenvalue weighted by Crippen LogP contribution is -2.33. The van der Waals surface area contributed by atoms with E-state index in [1.54, 1.807) is 12.1 Å². The average Bonchev–Trinajstić information content (AvgIpc) is 2.54. The summed E-state index contributed by atoms with van der Waals surface area (Å²) in [5, 5.41) is 5.18. The SMILES string of the molecule is CN(C)c1ccc(NC(=O)CNC(=O)c2ccc(=O)[nH]c2)cc1. The molecule has 1 aromatic carbocycles. The van der Waals surface area contributed by atoms with Gasteiger partial charge in [-0.1, -0.05) is 0 Å². The van der Waals surface area contributed by atoms with Gasteiger partial charge < -0.3 is 20.5 Å². The van der Waals surface area contributed by atoms with Crippen molar-refractivity contribution in [1.82, 2.24) is 10.3 Å². The third kappa shape index (κ3) is 4.70. The molecule has 0 aliphatic carbocycles. The van der Waals surface area contributed by atoms with Crippen LogP contribution in [-0.2, 0) is 4.79 Å². The monoisotopic (exact) mass is 314 g/mol. The van der Waals surface area contributed by atoms with Gasteiger partial charge in [0.05, 0.1) is 12.1 Å². The Balaban J connectivity index is 1.86. The first-order valence-corrected chi connectivity index (χ1v) is 7.00. The summed E-state index contributed by atoms with van der Waals surface area (Å²) in [7, 11) is 3.86. The standard InChI is InChI=1S/C16H18N4O3/c1-20(2)13-6-4-12(5-7-13)19-15(22)10-18-16(23)11-3-8-14(21)17-9-11/h3-9H,10H2,1-2H3,(H,17,21)(H,18,23)(H,19,22). The van der Waals surface area contributed by atoms with Gasteiger partial charge in [0.25, 0.3) is 5.91 Å². The maximum atomic E-state index is 11.8. The first kappa shape index (κ1) is 16.3. The molecule has 0 spiro atoms. The Morgan fingerprint density at radius 2 is 1.78 bits per heavy atom. The minimum absolute atomic E-state index is 0.159. The van der Waals surface area contributed by atoms with Gasteiger partial charge in [-0.15, -0.1) is 0 Å². The zero-order chi connectivity index (χ0) is 16.8. The third-order valence-electron chi connectivity index (χ3n) is 3.12. The van der Waals surface area contributed by atoms with Crippen LogP contribution in [0.5, 0.6) is 0 Å². The van der Waals surface area contributed by atoms with Crippen LogP contribution in [-0.4, -0.2) is 37.4 Å². The first-order valence-electron chi connectivity index (χ1n) is 7.00. The predicted octanol–water partition coefficient (Wildman–Crippen LogP) is 0.809. The van der Waals surface area contributed by atoms with Crippen LogP contribution in [0.3, 0.4) is 0 Å². The van der Waals surface area contributed by atoms with Crippen LogP contribution >= 0.6 is 0 Å². The molecule has 0 saturated heterocycles. The molecule has 0 aliphatic rings. The molecule has 0 atom stereocenters. The van der Waals surface area contributed by atoms with Crippen LogP contribution in [0, 0.1) is 0 Å². The number of anilines is 2. The Morgan fingerprint density at radius 1 is 1.09 bits per heavy atom. The number of nitrogens with one attached hydrogen (secondary N) is 3. The van der Waals surface area contributed by atoms with E-state index in [-0.39, 0.29) is 23.6 Å².